The number of amides is 4. The van der Waals surface area contributed by atoms with Crippen LogP contribution in [0.5, 0.6) is 0 Å². The Hall–Kier alpha value is -2.85. The maximum atomic E-state index is 15.1. The van der Waals surface area contributed by atoms with Crippen LogP contribution in [0, 0.1) is 17.3 Å². The van der Waals surface area contributed by atoms with Gasteiger partial charge in [-0.25, -0.2) is 17.2 Å². The number of halogens is 6. The van der Waals surface area contributed by atoms with Gasteiger partial charge < -0.3 is 20.9 Å². The maximum absolute atomic E-state index is 15.1. The Labute approximate surface area is 238 Å². The lowest BCUT2D eigenvalue weighted by molar-refractivity contribution is -0.197. The van der Waals surface area contributed by atoms with E-state index in [0.29, 0.717) is 12.3 Å². The fourth-order valence-corrected chi connectivity index (χ4v) is 6.14. The summed E-state index contributed by atoms with van der Waals surface area (Å²) in [6.07, 6.45) is -5.38. The molecule has 3 saturated heterocycles. The SMILES string of the molecule is CC(C)(C)[C@@H](NC(=O)C(F)(F)F)C(=O)N1[C@@H]2CC[C@H]([C@H]1C(=O)N[C@H](/C=C(\F)S(C)(=O)=O)C[C@@H]1CCNC1=O)C(F)(F)C2. The summed E-state index contributed by atoms with van der Waals surface area (Å²) >= 11 is 0. The van der Waals surface area contributed by atoms with Gasteiger partial charge in [-0.05, 0) is 37.2 Å². The number of fused-ring (bicyclic) bond motifs is 3. The third-order valence-electron chi connectivity index (χ3n) is 7.82. The number of alkyl halides is 5. The normalized spacial score (nSPS) is 27.7. The second kappa shape index (κ2) is 11.7. The molecule has 238 valence electrons. The van der Waals surface area contributed by atoms with Crippen molar-refractivity contribution in [1.29, 1.82) is 0 Å². The molecule has 2 bridgehead atoms. The molecular weight excluding hydrogens is 598 g/mol. The highest BCUT2D eigenvalue weighted by Gasteiger charge is 2.61. The van der Waals surface area contributed by atoms with E-state index < -0.39 is 98.6 Å². The topological polar surface area (TPSA) is 142 Å². The van der Waals surface area contributed by atoms with Gasteiger partial charge in [-0.1, -0.05) is 20.8 Å². The molecule has 0 aromatic heterocycles. The average molecular weight is 633 g/mol. The van der Waals surface area contributed by atoms with Crippen LogP contribution >= 0.6 is 0 Å². The molecular formula is C25H34F6N4O6S. The molecule has 1 aliphatic carbocycles. The molecule has 0 spiro atoms. The molecule has 0 aromatic carbocycles. The van der Waals surface area contributed by atoms with Crippen molar-refractivity contribution in [3.63, 3.8) is 0 Å². The summed E-state index contributed by atoms with van der Waals surface area (Å²) < 4.78 is 107. The first-order chi connectivity index (χ1) is 19.0. The minimum atomic E-state index is -5.36. The number of sulfone groups is 1. The molecule has 3 N–H and O–H groups in total. The van der Waals surface area contributed by atoms with E-state index in [4.69, 9.17) is 0 Å². The molecule has 0 radical (unpaired) electrons. The highest BCUT2D eigenvalue weighted by Crippen LogP contribution is 2.49. The summed E-state index contributed by atoms with van der Waals surface area (Å²) in [5.41, 5.74) is -1.35. The van der Waals surface area contributed by atoms with E-state index in [1.165, 1.54) is 20.8 Å². The standard InChI is InChI=1S/C25H34F6N4O6S/c1-23(2,3)18(34-22(39)25(29,30)31)21(38)35-14-5-6-15(24(27,28)11-14)17(35)20(37)33-13(10-16(26)42(4,40)41)9-12-7-8-32-19(12)36/h10,12-15,17-18H,5-9,11H2,1-4H3,(H,32,36)(H,33,37)(H,34,39)/b16-10+/t12-,13-,14+,15+,17-,18-/m0/s1. The smallest absolute Gasteiger partial charge is 0.356 e. The Morgan fingerprint density at radius 2 is 1.74 bits per heavy atom. The predicted molar refractivity (Wildman–Crippen MR) is 136 cm³/mol. The van der Waals surface area contributed by atoms with Crippen molar-refractivity contribution in [2.45, 2.75) is 89.1 Å². The molecule has 4 rings (SSSR count). The van der Waals surface area contributed by atoms with Crippen LogP contribution in [0.1, 0.15) is 52.9 Å². The van der Waals surface area contributed by atoms with E-state index in [-0.39, 0.29) is 32.2 Å². The van der Waals surface area contributed by atoms with E-state index in [1.54, 1.807) is 5.32 Å². The van der Waals surface area contributed by atoms with Crippen LogP contribution < -0.4 is 16.0 Å². The molecule has 0 unspecified atom stereocenters. The molecule has 1 saturated carbocycles. The van der Waals surface area contributed by atoms with Gasteiger partial charge in [0.25, 0.3) is 5.92 Å². The van der Waals surface area contributed by atoms with Crippen LogP contribution in [0.15, 0.2) is 11.2 Å². The van der Waals surface area contributed by atoms with E-state index in [9.17, 15) is 45.2 Å². The number of hydrogen-bond donors (Lipinski definition) is 3. The summed E-state index contributed by atoms with van der Waals surface area (Å²) in [5, 5.41) is 4.81. The third-order valence-corrected chi connectivity index (χ3v) is 8.66. The third kappa shape index (κ3) is 7.37. The van der Waals surface area contributed by atoms with Crippen LogP contribution in [-0.4, -0.2) is 86.0 Å². The Balaban J connectivity index is 2.00. The Bertz CT molecular complexity index is 1250. The lowest BCUT2D eigenvalue weighted by Crippen LogP contribution is -2.71. The van der Waals surface area contributed by atoms with Gasteiger partial charge >= 0.3 is 12.1 Å². The number of rotatable bonds is 8. The van der Waals surface area contributed by atoms with Gasteiger partial charge in [0.15, 0.2) is 0 Å². The van der Waals surface area contributed by atoms with Crippen LogP contribution in [0.3, 0.4) is 0 Å². The van der Waals surface area contributed by atoms with Crippen molar-refractivity contribution in [2.24, 2.45) is 17.3 Å². The van der Waals surface area contributed by atoms with Crippen molar-refractivity contribution < 1.29 is 53.9 Å². The van der Waals surface area contributed by atoms with Gasteiger partial charge in [-0.3, -0.25) is 19.2 Å². The number of carbonyl (C=O) groups excluding carboxylic acids is 4. The van der Waals surface area contributed by atoms with E-state index >= 15 is 8.78 Å². The molecule has 3 heterocycles. The van der Waals surface area contributed by atoms with E-state index in [0.717, 1.165) is 4.90 Å². The zero-order valence-corrected chi connectivity index (χ0v) is 24.2. The zero-order chi connectivity index (χ0) is 32.0. The van der Waals surface area contributed by atoms with Crippen molar-refractivity contribution in [2.75, 3.05) is 12.8 Å². The van der Waals surface area contributed by atoms with Crippen molar-refractivity contribution >= 4 is 33.5 Å². The summed E-state index contributed by atoms with van der Waals surface area (Å²) in [6, 6.07) is -6.56. The highest BCUT2D eigenvalue weighted by atomic mass is 32.2. The molecule has 4 amide bonds. The first kappa shape index (κ1) is 33.6. The first-order valence-electron chi connectivity index (χ1n) is 13.3. The number of carbonyl (C=O) groups is 4. The lowest BCUT2D eigenvalue weighted by atomic mass is 9.70. The van der Waals surface area contributed by atoms with Crippen molar-refractivity contribution in [3.8, 4) is 0 Å². The number of piperidine rings is 2. The second-order valence-electron chi connectivity index (χ2n) is 12.1. The lowest BCUT2D eigenvalue weighted by Gasteiger charge is -2.55. The van der Waals surface area contributed by atoms with Gasteiger partial charge in [0.1, 0.15) is 12.1 Å². The first-order valence-corrected chi connectivity index (χ1v) is 15.2. The minimum absolute atomic E-state index is 0.00808. The summed E-state index contributed by atoms with van der Waals surface area (Å²) in [6.45, 7) is 4.31. The predicted octanol–water partition coefficient (Wildman–Crippen LogP) is 1.96. The summed E-state index contributed by atoms with van der Waals surface area (Å²) in [5.74, 6) is -11.3. The Morgan fingerprint density at radius 1 is 1.12 bits per heavy atom. The van der Waals surface area contributed by atoms with E-state index in [1.807, 2.05) is 0 Å². The van der Waals surface area contributed by atoms with Gasteiger partial charge in [0.2, 0.25) is 32.7 Å². The van der Waals surface area contributed by atoms with Crippen LogP contribution in [-0.2, 0) is 29.0 Å². The minimum Gasteiger partial charge on any atom is -0.356 e. The Kier molecular flexibility index (Phi) is 9.36. The van der Waals surface area contributed by atoms with Crippen LogP contribution in [0.2, 0.25) is 0 Å². The summed E-state index contributed by atoms with van der Waals surface area (Å²) in [4.78, 5) is 52.0. The molecule has 3 aliphatic heterocycles. The second-order valence-corrected chi connectivity index (χ2v) is 14.1. The molecule has 4 fully saturated rings. The molecule has 6 atom stereocenters. The van der Waals surface area contributed by atoms with Gasteiger partial charge in [0.05, 0.1) is 12.0 Å². The van der Waals surface area contributed by atoms with E-state index in [2.05, 4.69) is 10.6 Å². The van der Waals surface area contributed by atoms with Gasteiger partial charge in [-0.2, -0.15) is 17.6 Å². The largest absolute Gasteiger partial charge is 0.471 e. The quantitative estimate of drug-likeness (QED) is 0.350. The van der Waals surface area contributed by atoms with Crippen molar-refractivity contribution in [1.82, 2.24) is 20.9 Å². The number of nitrogens with zero attached hydrogens (tertiary/aromatic N) is 1. The molecule has 42 heavy (non-hydrogen) atoms. The van der Waals surface area contributed by atoms with Gasteiger partial charge in [-0.15, -0.1) is 0 Å². The molecule has 17 heteroatoms. The van der Waals surface area contributed by atoms with Crippen LogP contribution in [0.4, 0.5) is 26.3 Å². The fourth-order valence-electron chi connectivity index (χ4n) is 5.73. The highest BCUT2D eigenvalue weighted by molar-refractivity contribution is 7.94. The van der Waals surface area contributed by atoms with Crippen molar-refractivity contribution in [3.05, 3.63) is 11.2 Å². The molecule has 4 aliphatic rings. The van der Waals surface area contributed by atoms with Gasteiger partial charge in [0, 0.05) is 31.2 Å². The monoisotopic (exact) mass is 632 g/mol. The molecule has 10 nitrogen and oxygen atoms in total. The van der Waals surface area contributed by atoms with Crippen LogP contribution in [0.25, 0.3) is 0 Å². The fraction of sp³-hybridized carbons (Fsp3) is 0.760. The zero-order valence-electron chi connectivity index (χ0n) is 23.4. The number of hydrogen-bond acceptors (Lipinski definition) is 6. The molecule has 0 aromatic rings. The Morgan fingerprint density at radius 3 is 2.21 bits per heavy atom. The number of nitrogens with one attached hydrogen (secondary N) is 3. The average Bonchev–Trinajstić information content (AvgIpc) is 3.22. The maximum Gasteiger partial charge on any atom is 0.471 e. The summed E-state index contributed by atoms with van der Waals surface area (Å²) in [7, 11) is -4.38.